The van der Waals surface area contributed by atoms with Crippen molar-refractivity contribution in [1.29, 1.82) is 0 Å². The number of nitrogens with zero attached hydrogens (tertiary/aromatic N) is 2. The van der Waals surface area contributed by atoms with E-state index in [9.17, 15) is 9.90 Å². The second kappa shape index (κ2) is 11.7. The van der Waals surface area contributed by atoms with Crippen LogP contribution in [0, 0.1) is 5.92 Å². The van der Waals surface area contributed by atoms with Crippen LogP contribution in [0.15, 0.2) is 101 Å². The fourth-order valence-corrected chi connectivity index (χ4v) is 3.33. The van der Waals surface area contributed by atoms with Crippen LogP contribution in [0.2, 0.25) is 0 Å². The minimum atomic E-state index is -0.869. The summed E-state index contributed by atoms with van der Waals surface area (Å²) in [6, 6.07) is 26.6. The third-order valence-corrected chi connectivity index (χ3v) is 5.32. The van der Waals surface area contributed by atoms with E-state index in [1.54, 1.807) is 13.2 Å². The lowest BCUT2D eigenvalue weighted by Crippen LogP contribution is -2.15. The fraction of sp³-hybridized carbons (Fsp3) is 0.179. The van der Waals surface area contributed by atoms with Gasteiger partial charge in [-0.15, -0.1) is 0 Å². The molecule has 1 heterocycles. The Hall–Kier alpha value is -4.39. The number of benzene rings is 3. The summed E-state index contributed by atoms with van der Waals surface area (Å²) in [5.74, 6) is -0.180. The molecule has 0 bridgehead atoms. The molecule has 4 aromatic rings. The first-order chi connectivity index (χ1) is 17.1. The summed E-state index contributed by atoms with van der Waals surface area (Å²) in [6.07, 6.45) is 1.87. The first kappa shape index (κ1) is 23.8. The molecule has 1 aromatic heterocycles. The molecule has 0 fully saturated rings. The van der Waals surface area contributed by atoms with Crippen LogP contribution in [0.3, 0.4) is 0 Å². The summed E-state index contributed by atoms with van der Waals surface area (Å²) in [7, 11) is 0. The first-order valence-corrected chi connectivity index (χ1v) is 11.3. The van der Waals surface area contributed by atoms with Gasteiger partial charge in [0.25, 0.3) is 0 Å². The number of hydrogen-bond donors (Lipinski definition) is 1. The van der Waals surface area contributed by atoms with Gasteiger partial charge in [0.2, 0.25) is 5.89 Å². The Bertz CT molecular complexity index is 1250. The predicted molar refractivity (Wildman–Crippen MR) is 132 cm³/mol. The quantitative estimate of drug-likeness (QED) is 0.215. The van der Waals surface area contributed by atoms with Crippen LogP contribution < -0.4 is 4.74 Å². The largest absolute Gasteiger partial charge is 0.487 e. The number of carboxylic acids is 1. The summed E-state index contributed by atoms with van der Waals surface area (Å²) in [5.41, 5.74) is 3.97. The van der Waals surface area contributed by atoms with Crippen LogP contribution in [-0.2, 0) is 22.8 Å². The van der Waals surface area contributed by atoms with Crippen LogP contribution in [0.25, 0.3) is 11.5 Å². The number of carbonyl (C=O) groups is 1. The van der Waals surface area contributed by atoms with Gasteiger partial charge in [0.15, 0.2) is 0 Å². The van der Waals surface area contributed by atoms with Gasteiger partial charge in [0.05, 0.1) is 11.6 Å². The predicted octanol–water partition coefficient (Wildman–Crippen LogP) is 5.95. The Kier molecular flexibility index (Phi) is 7.91. The number of aromatic nitrogens is 1. The minimum Gasteiger partial charge on any atom is -0.487 e. The number of aliphatic carboxylic acids is 1. The van der Waals surface area contributed by atoms with Crippen molar-refractivity contribution in [2.75, 3.05) is 0 Å². The molecule has 0 aliphatic rings. The van der Waals surface area contributed by atoms with E-state index in [2.05, 4.69) is 10.1 Å². The van der Waals surface area contributed by atoms with Crippen molar-refractivity contribution in [3.05, 3.63) is 108 Å². The highest BCUT2D eigenvalue weighted by atomic mass is 16.6. The highest BCUT2D eigenvalue weighted by Gasteiger charge is 2.16. The van der Waals surface area contributed by atoms with E-state index in [0.717, 1.165) is 16.7 Å². The Labute approximate surface area is 203 Å². The molecule has 1 unspecified atom stereocenters. The molecule has 4 rings (SSSR count). The second-order valence-electron chi connectivity index (χ2n) is 8.06. The summed E-state index contributed by atoms with van der Waals surface area (Å²) >= 11 is 0. The monoisotopic (exact) mass is 470 g/mol. The summed E-state index contributed by atoms with van der Waals surface area (Å²) in [4.78, 5) is 21.3. The second-order valence-corrected chi connectivity index (χ2v) is 8.06. The minimum absolute atomic E-state index is 0.252. The van der Waals surface area contributed by atoms with Gasteiger partial charge in [-0.2, -0.15) is 0 Å². The fourth-order valence-electron chi connectivity index (χ4n) is 3.33. The van der Waals surface area contributed by atoms with E-state index >= 15 is 0 Å². The van der Waals surface area contributed by atoms with Crippen LogP contribution in [0.1, 0.15) is 30.2 Å². The average Bonchev–Trinajstić information content (AvgIpc) is 3.38. The molecule has 35 heavy (non-hydrogen) atoms. The van der Waals surface area contributed by atoms with Crippen molar-refractivity contribution in [3.8, 4) is 17.2 Å². The SMILES string of the molecule is CC(CC(=NOCc1ccc(OCc2coc(-c3ccccc3)n2)cc1)c1ccccc1)C(=O)O. The van der Waals surface area contributed by atoms with E-state index in [0.29, 0.717) is 29.7 Å². The van der Waals surface area contributed by atoms with Gasteiger partial charge in [0, 0.05) is 12.0 Å². The molecular formula is C28H26N2O5. The van der Waals surface area contributed by atoms with E-state index in [1.807, 2.05) is 84.9 Å². The lowest BCUT2D eigenvalue weighted by atomic mass is 9.99. The molecular weight excluding hydrogens is 444 g/mol. The third kappa shape index (κ3) is 6.80. The van der Waals surface area contributed by atoms with Crippen molar-refractivity contribution in [2.45, 2.75) is 26.6 Å². The van der Waals surface area contributed by atoms with E-state index < -0.39 is 11.9 Å². The van der Waals surface area contributed by atoms with Crippen LogP contribution in [0.5, 0.6) is 5.75 Å². The Morgan fingerprint density at radius 3 is 2.34 bits per heavy atom. The number of oxazole rings is 1. The summed E-state index contributed by atoms with van der Waals surface area (Å²) in [6.45, 7) is 2.20. The zero-order valence-electron chi connectivity index (χ0n) is 19.3. The van der Waals surface area contributed by atoms with E-state index in [4.69, 9.17) is 14.0 Å². The zero-order chi connectivity index (χ0) is 24.5. The Morgan fingerprint density at radius 1 is 0.971 bits per heavy atom. The molecule has 0 saturated carbocycles. The third-order valence-electron chi connectivity index (χ3n) is 5.32. The number of oxime groups is 1. The van der Waals surface area contributed by atoms with Gasteiger partial charge in [-0.25, -0.2) is 4.98 Å². The smallest absolute Gasteiger partial charge is 0.306 e. The molecule has 1 atom stereocenters. The van der Waals surface area contributed by atoms with Crippen LogP contribution >= 0.6 is 0 Å². The van der Waals surface area contributed by atoms with E-state index in [1.165, 1.54) is 0 Å². The standard InChI is InChI=1S/C28H26N2O5/c1-20(28(31)32)16-26(22-8-4-2-5-9-22)30-35-17-21-12-14-25(15-13-21)33-18-24-19-34-27(29-24)23-10-6-3-7-11-23/h2-15,19-20H,16-18H2,1H3,(H,31,32). The van der Waals surface area contributed by atoms with Crippen molar-refractivity contribution < 1.29 is 23.9 Å². The lowest BCUT2D eigenvalue weighted by molar-refractivity contribution is -0.140. The van der Waals surface area contributed by atoms with Crippen molar-refractivity contribution >= 4 is 11.7 Å². The highest BCUT2D eigenvalue weighted by molar-refractivity contribution is 6.01. The lowest BCUT2D eigenvalue weighted by Gasteiger charge is -2.10. The maximum atomic E-state index is 11.3. The Morgan fingerprint density at radius 2 is 1.66 bits per heavy atom. The molecule has 7 heteroatoms. The number of carboxylic acid groups (broad SMARTS) is 1. The van der Waals surface area contributed by atoms with Gasteiger partial charge >= 0.3 is 5.97 Å². The topological polar surface area (TPSA) is 94.2 Å². The molecule has 0 aliphatic heterocycles. The molecule has 0 saturated heterocycles. The molecule has 0 spiro atoms. The van der Waals surface area contributed by atoms with Gasteiger partial charge in [-0.3, -0.25) is 4.79 Å². The van der Waals surface area contributed by atoms with Crippen molar-refractivity contribution in [2.24, 2.45) is 11.1 Å². The van der Waals surface area contributed by atoms with Gasteiger partial charge < -0.3 is 19.1 Å². The van der Waals surface area contributed by atoms with Gasteiger partial charge in [-0.05, 0) is 35.4 Å². The summed E-state index contributed by atoms with van der Waals surface area (Å²) < 4.78 is 11.4. The normalized spacial score (nSPS) is 12.2. The molecule has 3 aromatic carbocycles. The van der Waals surface area contributed by atoms with Crippen LogP contribution in [0.4, 0.5) is 0 Å². The van der Waals surface area contributed by atoms with Crippen LogP contribution in [-0.4, -0.2) is 21.8 Å². The van der Waals surface area contributed by atoms with Crippen molar-refractivity contribution in [3.63, 3.8) is 0 Å². The first-order valence-electron chi connectivity index (χ1n) is 11.3. The average molecular weight is 471 g/mol. The molecule has 1 N–H and O–H groups in total. The highest BCUT2D eigenvalue weighted by Crippen LogP contribution is 2.20. The van der Waals surface area contributed by atoms with Gasteiger partial charge in [-0.1, -0.05) is 72.7 Å². The van der Waals surface area contributed by atoms with E-state index in [-0.39, 0.29) is 13.0 Å². The van der Waals surface area contributed by atoms with Crippen molar-refractivity contribution in [1.82, 2.24) is 4.98 Å². The number of ether oxygens (including phenoxy) is 1. The zero-order valence-corrected chi connectivity index (χ0v) is 19.3. The molecule has 0 aliphatic carbocycles. The molecule has 7 nitrogen and oxygen atoms in total. The van der Waals surface area contributed by atoms with Gasteiger partial charge in [0.1, 0.15) is 30.9 Å². The Balaban J connectivity index is 1.32. The molecule has 0 amide bonds. The molecule has 178 valence electrons. The maximum absolute atomic E-state index is 11.3. The number of rotatable bonds is 11. The summed E-state index contributed by atoms with van der Waals surface area (Å²) in [5, 5.41) is 13.5. The maximum Gasteiger partial charge on any atom is 0.306 e. The number of hydrogen-bond acceptors (Lipinski definition) is 6. The molecule has 0 radical (unpaired) electrons.